The van der Waals surface area contributed by atoms with Gasteiger partial charge in [-0.15, -0.1) is 0 Å². The van der Waals surface area contributed by atoms with Crippen LogP contribution in [-0.2, 0) is 23.5 Å². The summed E-state index contributed by atoms with van der Waals surface area (Å²) < 4.78 is 85.3. The molecule has 0 unspecified atom stereocenters. The van der Waals surface area contributed by atoms with Crippen molar-refractivity contribution in [3.63, 3.8) is 0 Å². The zero-order valence-corrected chi connectivity index (χ0v) is 69.9. The molecule has 3 saturated heterocycles. The third kappa shape index (κ3) is 22.4. The van der Waals surface area contributed by atoms with Gasteiger partial charge in [0.05, 0.1) is 92.3 Å². The molecule has 13 rings (SSSR count). The number of anilines is 13. The number of piperazine rings is 1. The third-order valence-electron chi connectivity index (χ3n) is 19.4. The lowest BCUT2D eigenvalue weighted by molar-refractivity contribution is 0.0769. The molecule has 6 N–H and O–H groups in total. The van der Waals surface area contributed by atoms with Crippen LogP contribution in [0.1, 0.15) is 49.9 Å². The van der Waals surface area contributed by atoms with Crippen LogP contribution >= 0.6 is 56.2 Å². The summed E-state index contributed by atoms with van der Waals surface area (Å²) in [6.07, 6.45) is 10.3. The van der Waals surface area contributed by atoms with Crippen LogP contribution in [0.25, 0.3) is 0 Å². The highest BCUT2D eigenvalue weighted by molar-refractivity contribution is 7.92. The SMILES string of the molecule is CC(C)S(=O)(=O)c1ccccc1Nc1nc(Nc2ccc(P(C)(C)=O)cc2)ncc1Cl.COc1cc(N2CCC(N3CCN(C)CC3)CC2)ccc1Nc1ncc(Cl)c(Nc2ccc(C(=O)N3CCP(C)(=O)CC3)cc2OC)n1.COc1cc(OCC2CC2)ccc1Nc1ncc(Cl)c(Nc2ccccc2P(C)(C)=O)n1. The van der Waals surface area contributed by atoms with E-state index in [1.165, 1.54) is 31.4 Å². The number of nitrogens with one attached hydrogen (secondary N) is 6. The molecular weight excluding hydrogens is 1550 g/mol. The van der Waals surface area contributed by atoms with Gasteiger partial charge in [-0.05, 0) is 177 Å². The zero-order valence-electron chi connectivity index (χ0n) is 64.1. The van der Waals surface area contributed by atoms with Gasteiger partial charge in [0.15, 0.2) is 27.3 Å². The number of halogens is 3. The molecule has 6 aromatic carbocycles. The Labute approximate surface area is 665 Å². The number of aromatic nitrogens is 6. The molecule has 9 aromatic rings. The standard InChI is InChI=1S/C34H46ClN8O4P.C23H26ClN4O3P.C21H24ClN4O3PS/c1-40-13-15-42(16-14-40)25-9-11-41(12-10-25)26-6-8-29(31(22-26)47-3)38-34-36-23-27(35)32(39-34)37-28-7-5-24(21-30(28)46-2)33(44)43-17-19-48(4,45)20-18-43;1-30-20-12-16(31-14-15-8-9-15)10-11-18(20)27-23-25-13-17(24)22(28-23)26-19-6-4-5-7-21(19)32(2,3)29;1-14(2)31(28,29)19-8-6-5-7-18(19)25-20-17(22)13-23-21(26-20)24-15-9-11-16(12-10-15)30(3,4)27/h5-8,21-23,25H,9-20H2,1-4H3,(H2,36,37,38,39);4-7,10-13,15H,8-9,14H2,1-3H3,(H2,25,26,27,28);5-14H,1-4H3,(H2,23,24,25,26). The summed E-state index contributed by atoms with van der Waals surface area (Å²) in [5.41, 5.74) is 5.45. The van der Waals surface area contributed by atoms with Crippen LogP contribution in [0.15, 0.2) is 151 Å². The topological polar surface area (TPSA) is 302 Å². The number of piperidine rings is 1. The molecule has 111 heavy (non-hydrogen) atoms. The lowest BCUT2D eigenvalue weighted by Crippen LogP contribution is -2.52. The Kier molecular flexibility index (Phi) is 27.6. The Hall–Kier alpha value is -8.74. The molecule has 0 radical (unpaired) electrons. The summed E-state index contributed by atoms with van der Waals surface area (Å²) in [6.45, 7) is 20.3. The summed E-state index contributed by atoms with van der Waals surface area (Å²) >= 11 is 19.1. The molecule has 26 nitrogen and oxygen atoms in total. The van der Waals surface area contributed by atoms with Gasteiger partial charge in [-0.3, -0.25) is 9.69 Å². The molecule has 1 amide bonds. The van der Waals surface area contributed by atoms with E-state index < -0.39 is 36.5 Å². The second-order valence-electron chi connectivity index (χ2n) is 28.8. The first-order valence-corrected chi connectivity index (χ1v) is 46.9. The summed E-state index contributed by atoms with van der Waals surface area (Å²) in [5.74, 6) is 5.12. The van der Waals surface area contributed by atoms with Crippen molar-refractivity contribution < 1.29 is 45.9 Å². The van der Waals surface area contributed by atoms with Gasteiger partial charge in [-0.1, -0.05) is 59.1 Å². The van der Waals surface area contributed by atoms with Gasteiger partial charge in [-0.25, -0.2) is 23.4 Å². The van der Waals surface area contributed by atoms with Gasteiger partial charge in [-0.2, -0.15) is 15.0 Å². The van der Waals surface area contributed by atoms with Crippen LogP contribution in [0.4, 0.5) is 75.1 Å². The van der Waals surface area contributed by atoms with Crippen LogP contribution in [0.2, 0.25) is 15.1 Å². The Balaban J connectivity index is 0.000000171. The lowest BCUT2D eigenvalue weighted by atomic mass is 10.0. The average Bonchev–Trinajstić information content (AvgIpc) is 0.960. The molecule has 0 atom stereocenters. The lowest BCUT2D eigenvalue weighted by Gasteiger charge is -2.42. The van der Waals surface area contributed by atoms with E-state index in [4.69, 9.17) is 53.8 Å². The highest BCUT2D eigenvalue weighted by Gasteiger charge is 2.31. The normalized spacial score (nSPS) is 15.6. The highest BCUT2D eigenvalue weighted by Crippen LogP contribution is 2.45. The Bertz CT molecular complexity index is 5040. The highest BCUT2D eigenvalue weighted by atomic mass is 35.5. The first-order valence-electron chi connectivity index (χ1n) is 36.5. The predicted molar refractivity (Wildman–Crippen MR) is 451 cm³/mol. The van der Waals surface area contributed by atoms with Crippen molar-refractivity contribution in [1.82, 2.24) is 44.6 Å². The molecule has 4 fully saturated rings. The van der Waals surface area contributed by atoms with E-state index in [2.05, 4.69) is 95.7 Å². The van der Waals surface area contributed by atoms with E-state index in [0.717, 1.165) is 86.5 Å². The summed E-state index contributed by atoms with van der Waals surface area (Å²) in [4.78, 5) is 49.0. The van der Waals surface area contributed by atoms with Crippen molar-refractivity contribution in [3.05, 3.63) is 167 Å². The van der Waals surface area contributed by atoms with E-state index in [0.29, 0.717) is 122 Å². The quantitative estimate of drug-likeness (QED) is 0.0290. The maximum absolute atomic E-state index is 13.2. The number of rotatable bonds is 25. The fourth-order valence-electron chi connectivity index (χ4n) is 12.5. The minimum absolute atomic E-state index is 0.110. The number of amides is 1. The number of para-hydroxylation sites is 2. The Morgan fingerprint density at radius 1 is 0.568 bits per heavy atom. The molecule has 3 aromatic heterocycles. The van der Waals surface area contributed by atoms with Crippen molar-refractivity contribution in [2.24, 2.45) is 5.92 Å². The number of methoxy groups -OCH3 is 3. The first kappa shape index (κ1) is 83.2. The maximum atomic E-state index is 13.2. The summed E-state index contributed by atoms with van der Waals surface area (Å²) in [7, 11) is -3.46. The van der Waals surface area contributed by atoms with Crippen LogP contribution in [0.5, 0.6) is 23.0 Å². The molecule has 4 aliphatic rings. The van der Waals surface area contributed by atoms with Gasteiger partial charge in [0, 0.05) is 110 Å². The van der Waals surface area contributed by atoms with E-state index >= 15 is 0 Å². The number of likely N-dealkylation sites (N-methyl/N-ethyl adjacent to an activating group) is 1. The molecule has 1 aliphatic carbocycles. The molecule has 0 bridgehead atoms. The average molecular weight is 1650 g/mol. The second kappa shape index (κ2) is 36.8. The number of carbonyl (C=O) groups excluding carboxylic acids is 1. The number of carbonyl (C=O) groups is 1. The van der Waals surface area contributed by atoms with Crippen molar-refractivity contribution in [2.45, 2.75) is 55.7 Å². The number of hydrogen-bond acceptors (Lipinski definition) is 25. The van der Waals surface area contributed by atoms with E-state index in [1.807, 2.05) is 55.2 Å². The zero-order chi connectivity index (χ0) is 79.4. The van der Waals surface area contributed by atoms with Crippen LogP contribution in [0.3, 0.4) is 0 Å². The van der Waals surface area contributed by atoms with Gasteiger partial charge < -0.3 is 79.2 Å². The summed E-state index contributed by atoms with van der Waals surface area (Å²) in [6, 6.07) is 38.8. The largest absolute Gasteiger partial charge is 0.495 e. The van der Waals surface area contributed by atoms with Crippen molar-refractivity contribution in [2.75, 3.05) is 170 Å². The fraction of sp³-hybridized carbons (Fsp3) is 0.372. The maximum Gasteiger partial charge on any atom is 0.254 e. The summed E-state index contributed by atoms with van der Waals surface area (Å²) in [5, 5.41) is 20.8. The van der Waals surface area contributed by atoms with Crippen molar-refractivity contribution in [1.29, 1.82) is 0 Å². The minimum atomic E-state index is -3.50. The molecule has 6 heterocycles. The molecule has 0 spiro atoms. The number of hydrogen-bond donors (Lipinski definition) is 6. The predicted octanol–water partition coefficient (Wildman–Crippen LogP) is 16.0. The fourth-order valence-corrected chi connectivity index (χ4v) is 17.7. The third-order valence-corrected chi connectivity index (χ3v) is 27.8. The van der Waals surface area contributed by atoms with Gasteiger partial charge in [0.2, 0.25) is 17.8 Å². The smallest absolute Gasteiger partial charge is 0.254 e. The van der Waals surface area contributed by atoms with Crippen molar-refractivity contribution >= 4 is 158 Å². The van der Waals surface area contributed by atoms with E-state index in [1.54, 1.807) is 133 Å². The first-order chi connectivity index (χ1) is 52.9. The number of sulfone groups is 1. The minimum Gasteiger partial charge on any atom is -0.495 e. The molecule has 1 saturated carbocycles. The van der Waals surface area contributed by atoms with E-state index in [9.17, 15) is 26.9 Å². The van der Waals surface area contributed by atoms with Crippen LogP contribution < -0.4 is 66.4 Å². The molecular formula is C78H96Cl3N16O10P3S. The number of ether oxygens (including phenoxy) is 4. The van der Waals surface area contributed by atoms with Crippen LogP contribution in [0, 0.1) is 5.92 Å². The van der Waals surface area contributed by atoms with Gasteiger partial charge in [0.1, 0.15) is 52.3 Å². The molecule has 590 valence electrons. The van der Waals surface area contributed by atoms with Gasteiger partial charge in [0.25, 0.3) is 5.91 Å². The number of benzene rings is 6. The molecule has 33 heteroatoms. The number of nitrogens with zero attached hydrogens (tertiary/aromatic N) is 10. The molecule has 3 aliphatic heterocycles. The van der Waals surface area contributed by atoms with Gasteiger partial charge >= 0.3 is 0 Å². The monoisotopic (exact) mass is 1650 g/mol. The Morgan fingerprint density at radius 3 is 1.61 bits per heavy atom. The van der Waals surface area contributed by atoms with E-state index in [-0.39, 0.29) is 27.6 Å². The second-order valence-corrected chi connectivity index (χ2v) is 42.4. The van der Waals surface area contributed by atoms with Crippen LogP contribution in [-0.4, -0.2) is 203 Å². The Morgan fingerprint density at radius 2 is 1.06 bits per heavy atom. The van der Waals surface area contributed by atoms with Crippen molar-refractivity contribution in [3.8, 4) is 23.0 Å².